The van der Waals surface area contributed by atoms with Crippen LogP contribution in [0.25, 0.3) is 0 Å². The summed E-state index contributed by atoms with van der Waals surface area (Å²) in [5.74, 6) is 3.18. The Kier molecular flexibility index (Phi) is 4.83. The largest absolute Gasteiger partial charge is 0.494 e. The Hall–Kier alpha value is -3.41. The number of ether oxygens (including phenoxy) is 3. The van der Waals surface area contributed by atoms with E-state index in [4.69, 9.17) is 23.7 Å². The van der Waals surface area contributed by atoms with Gasteiger partial charge in [-0.3, -0.25) is 0 Å². The zero-order valence-corrected chi connectivity index (χ0v) is 17.1. The van der Waals surface area contributed by atoms with Gasteiger partial charge in [-0.05, 0) is 56.3 Å². The number of nitrogens with zero attached hydrogens (tertiary/aromatic N) is 2. The molecule has 0 N–H and O–H groups in total. The molecule has 0 aliphatic carbocycles. The van der Waals surface area contributed by atoms with Gasteiger partial charge in [0.05, 0.1) is 25.5 Å². The summed E-state index contributed by atoms with van der Waals surface area (Å²) < 4.78 is 23.6. The Morgan fingerprint density at radius 3 is 2.57 bits per heavy atom. The van der Waals surface area contributed by atoms with E-state index in [0.29, 0.717) is 13.2 Å². The monoisotopic (exact) mass is 404 g/mol. The average molecular weight is 404 g/mol. The molecule has 0 spiro atoms. The van der Waals surface area contributed by atoms with Crippen LogP contribution in [-0.2, 0) is 0 Å². The van der Waals surface area contributed by atoms with Gasteiger partial charge in [-0.1, -0.05) is 12.1 Å². The number of hydrogen-bond donors (Lipinski definition) is 0. The summed E-state index contributed by atoms with van der Waals surface area (Å²) in [5, 5.41) is 6.94. The molecule has 0 amide bonds. The number of fused-ring (bicyclic) bond motifs is 3. The number of hydrazone groups is 1. The summed E-state index contributed by atoms with van der Waals surface area (Å²) in [6.07, 6.45) is 2.05. The van der Waals surface area contributed by atoms with Crippen molar-refractivity contribution in [2.24, 2.45) is 5.10 Å². The van der Waals surface area contributed by atoms with E-state index in [9.17, 15) is 0 Å². The summed E-state index contributed by atoms with van der Waals surface area (Å²) in [6, 6.07) is 17.9. The number of rotatable bonds is 6. The molecule has 0 bridgehead atoms. The van der Waals surface area contributed by atoms with Gasteiger partial charge in [0.1, 0.15) is 17.2 Å². The third-order valence-corrected chi connectivity index (χ3v) is 5.36. The van der Waals surface area contributed by atoms with Crippen LogP contribution in [0.3, 0.4) is 0 Å². The third-order valence-electron chi connectivity index (χ3n) is 5.36. The second-order valence-corrected chi connectivity index (χ2v) is 7.20. The molecular formula is C24H24N2O4. The molecule has 3 aromatic rings. The maximum Gasteiger partial charge on any atom is 0.214 e. The summed E-state index contributed by atoms with van der Waals surface area (Å²) in [5.41, 5.74) is 3.00. The summed E-state index contributed by atoms with van der Waals surface area (Å²) in [6.45, 7) is 5.17. The topological polar surface area (TPSA) is 56.4 Å². The first-order chi connectivity index (χ1) is 14.8. The molecule has 6 nitrogen and oxygen atoms in total. The quantitative estimate of drug-likeness (QED) is 0.557. The Morgan fingerprint density at radius 1 is 1.00 bits per heavy atom. The lowest BCUT2D eigenvalue weighted by atomic mass is 9.97. The number of furan rings is 1. The van der Waals surface area contributed by atoms with Crippen molar-refractivity contribution >= 4 is 5.71 Å². The highest BCUT2D eigenvalue weighted by Gasteiger charge is 2.42. The fourth-order valence-electron chi connectivity index (χ4n) is 4.06. The molecule has 0 radical (unpaired) electrons. The predicted octanol–water partition coefficient (Wildman–Crippen LogP) is 5.32. The van der Waals surface area contributed by atoms with Gasteiger partial charge in [0, 0.05) is 17.5 Å². The van der Waals surface area contributed by atoms with Crippen LogP contribution < -0.4 is 14.2 Å². The molecule has 2 aromatic carbocycles. The van der Waals surface area contributed by atoms with Gasteiger partial charge in [-0.25, -0.2) is 5.01 Å². The van der Waals surface area contributed by atoms with Crippen LogP contribution in [0.4, 0.5) is 0 Å². The van der Waals surface area contributed by atoms with Crippen LogP contribution in [0.1, 0.15) is 49.4 Å². The highest BCUT2D eigenvalue weighted by Crippen LogP contribution is 2.50. The summed E-state index contributed by atoms with van der Waals surface area (Å²) in [7, 11) is 0. The van der Waals surface area contributed by atoms with Gasteiger partial charge in [0.15, 0.2) is 11.5 Å². The van der Waals surface area contributed by atoms with E-state index in [-0.39, 0.29) is 12.3 Å². The highest BCUT2D eigenvalue weighted by molar-refractivity contribution is 5.99. The standard InChI is InChI=1S/C24H24N2O4/c1-3-27-17-12-10-16(11-13-17)24-26-20(15-19(25-26)21-9-6-14-29-21)18-7-5-8-22(28-4-2)23(18)30-24/h5-14,20,24H,3-4,15H2,1-2H3/t20-,24-/m1/s1. The first-order valence-electron chi connectivity index (χ1n) is 10.3. The van der Waals surface area contributed by atoms with Crippen molar-refractivity contribution in [1.82, 2.24) is 5.01 Å². The number of hydrogen-bond acceptors (Lipinski definition) is 6. The lowest BCUT2D eigenvalue weighted by molar-refractivity contribution is -0.0212. The molecule has 3 heterocycles. The fourth-order valence-corrected chi connectivity index (χ4v) is 4.06. The van der Waals surface area contributed by atoms with E-state index in [1.54, 1.807) is 6.26 Å². The van der Waals surface area contributed by atoms with E-state index in [0.717, 1.165) is 46.3 Å². The first-order valence-corrected chi connectivity index (χ1v) is 10.3. The van der Waals surface area contributed by atoms with E-state index < -0.39 is 0 Å². The molecule has 2 aliphatic heterocycles. The Morgan fingerprint density at radius 2 is 1.83 bits per heavy atom. The Balaban J connectivity index is 1.57. The van der Waals surface area contributed by atoms with E-state index in [1.165, 1.54) is 0 Å². The zero-order valence-electron chi connectivity index (χ0n) is 17.1. The summed E-state index contributed by atoms with van der Waals surface area (Å²) in [4.78, 5) is 0. The van der Waals surface area contributed by atoms with Gasteiger partial charge < -0.3 is 18.6 Å². The van der Waals surface area contributed by atoms with Gasteiger partial charge in [-0.15, -0.1) is 0 Å². The van der Waals surface area contributed by atoms with Gasteiger partial charge in [0.2, 0.25) is 6.23 Å². The smallest absolute Gasteiger partial charge is 0.214 e. The van der Waals surface area contributed by atoms with E-state index in [2.05, 4.69) is 6.07 Å². The predicted molar refractivity (Wildman–Crippen MR) is 113 cm³/mol. The van der Waals surface area contributed by atoms with E-state index >= 15 is 0 Å². The minimum absolute atomic E-state index is 0.0471. The molecular weight excluding hydrogens is 380 g/mol. The molecule has 2 aliphatic rings. The van der Waals surface area contributed by atoms with Crippen molar-refractivity contribution in [3.05, 3.63) is 77.7 Å². The van der Waals surface area contributed by atoms with Gasteiger partial charge in [0.25, 0.3) is 0 Å². The molecule has 30 heavy (non-hydrogen) atoms. The van der Waals surface area contributed by atoms with Crippen LogP contribution in [0, 0.1) is 0 Å². The second kappa shape index (κ2) is 7.78. The lowest BCUT2D eigenvalue weighted by Gasteiger charge is -2.38. The van der Waals surface area contributed by atoms with Crippen LogP contribution in [-0.4, -0.2) is 23.9 Å². The van der Waals surface area contributed by atoms with Crippen LogP contribution in [0.2, 0.25) is 0 Å². The van der Waals surface area contributed by atoms with Crippen molar-refractivity contribution in [2.45, 2.75) is 32.5 Å². The molecule has 2 atom stereocenters. The Labute approximate surface area is 175 Å². The SMILES string of the molecule is CCOc1ccc([C@H]2Oc3c(OCC)cccc3[C@H]3CC(c4ccco4)=NN32)cc1. The first kappa shape index (κ1) is 18.6. The molecule has 0 unspecified atom stereocenters. The molecule has 5 rings (SSSR count). The van der Waals surface area contributed by atoms with Crippen molar-refractivity contribution in [3.8, 4) is 17.2 Å². The molecule has 0 fully saturated rings. The van der Waals surface area contributed by atoms with Crippen molar-refractivity contribution < 1.29 is 18.6 Å². The summed E-state index contributed by atoms with van der Waals surface area (Å²) >= 11 is 0. The second-order valence-electron chi connectivity index (χ2n) is 7.20. The molecule has 6 heteroatoms. The van der Waals surface area contributed by atoms with Gasteiger partial charge in [-0.2, -0.15) is 5.10 Å². The lowest BCUT2D eigenvalue weighted by Crippen LogP contribution is -2.33. The normalized spacial score (nSPS) is 19.5. The van der Waals surface area contributed by atoms with Gasteiger partial charge >= 0.3 is 0 Å². The molecule has 1 aromatic heterocycles. The van der Waals surface area contributed by atoms with Crippen LogP contribution >= 0.6 is 0 Å². The average Bonchev–Trinajstić information content (AvgIpc) is 3.45. The number of para-hydroxylation sites is 1. The van der Waals surface area contributed by atoms with Crippen LogP contribution in [0.15, 0.2) is 70.4 Å². The zero-order chi connectivity index (χ0) is 20.5. The highest BCUT2D eigenvalue weighted by atomic mass is 16.5. The van der Waals surface area contributed by atoms with E-state index in [1.807, 2.05) is 67.4 Å². The third kappa shape index (κ3) is 3.18. The molecule has 0 saturated carbocycles. The minimum Gasteiger partial charge on any atom is -0.494 e. The fraction of sp³-hybridized carbons (Fsp3) is 0.292. The molecule has 154 valence electrons. The van der Waals surface area contributed by atoms with Crippen molar-refractivity contribution in [1.29, 1.82) is 0 Å². The van der Waals surface area contributed by atoms with Crippen molar-refractivity contribution in [2.75, 3.05) is 13.2 Å². The van der Waals surface area contributed by atoms with Crippen LogP contribution in [0.5, 0.6) is 17.2 Å². The minimum atomic E-state index is -0.368. The number of benzene rings is 2. The maximum absolute atomic E-state index is 6.50. The molecule has 0 saturated heterocycles. The maximum atomic E-state index is 6.50. The van der Waals surface area contributed by atoms with Crippen molar-refractivity contribution in [3.63, 3.8) is 0 Å². The Bertz CT molecular complexity index is 1040.